The molecule has 25 heavy (non-hydrogen) atoms. The minimum Gasteiger partial charge on any atom is -0.491 e. The van der Waals surface area contributed by atoms with Gasteiger partial charge in [-0.05, 0) is 45.0 Å². The van der Waals surface area contributed by atoms with Crippen LogP contribution in [-0.4, -0.2) is 54.5 Å². The van der Waals surface area contributed by atoms with Crippen LogP contribution in [0.1, 0.15) is 37.6 Å². The van der Waals surface area contributed by atoms with Crippen LogP contribution in [0.25, 0.3) is 0 Å². The predicted molar refractivity (Wildman–Crippen MR) is 91.3 cm³/mol. The maximum absolute atomic E-state index is 12.8. The van der Waals surface area contributed by atoms with Crippen molar-refractivity contribution in [1.29, 1.82) is 0 Å². The summed E-state index contributed by atoms with van der Waals surface area (Å²) in [5.74, 6) is -0.457. The Balaban J connectivity index is 2.13. The molecule has 0 bridgehead atoms. The van der Waals surface area contributed by atoms with Gasteiger partial charge < -0.3 is 19.7 Å². The molecule has 1 heterocycles. The van der Waals surface area contributed by atoms with E-state index in [2.05, 4.69) is 5.32 Å². The summed E-state index contributed by atoms with van der Waals surface area (Å²) in [5, 5.41) is 2.69. The summed E-state index contributed by atoms with van der Waals surface area (Å²) in [5.41, 5.74) is 0.444. The molecule has 0 aromatic heterocycles. The van der Waals surface area contributed by atoms with E-state index in [0.29, 0.717) is 24.4 Å². The zero-order chi connectivity index (χ0) is 18.4. The van der Waals surface area contributed by atoms with E-state index in [9.17, 15) is 14.4 Å². The van der Waals surface area contributed by atoms with Gasteiger partial charge in [0, 0.05) is 18.7 Å². The van der Waals surface area contributed by atoms with E-state index in [4.69, 9.17) is 9.47 Å². The lowest BCUT2D eigenvalue weighted by Gasteiger charge is -2.34. The lowest BCUT2D eigenvalue weighted by Crippen LogP contribution is -2.57. The Morgan fingerprint density at radius 1 is 1.28 bits per heavy atom. The van der Waals surface area contributed by atoms with Crippen LogP contribution in [0.5, 0.6) is 5.75 Å². The SMILES string of the molecule is CCOC(=O)CC1C(=O)NCCN1C(=O)c1ccc(OC(C)C)cc1. The molecule has 0 spiro atoms. The van der Waals surface area contributed by atoms with Gasteiger partial charge in [0.25, 0.3) is 5.91 Å². The first-order valence-electron chi connectivity index (χ1n) is 8.43. The maximum Gasteiger partial charge on any atom is 0.308 e. The Kier molecular flexibility index (Phi) is 6.38. The smallest absolute Gasteiger partial charge is 0.308 e. The molecule has 0 radical (unpaired) electrons. The monoisotopic (exact) mass is 348 g/mol. The van der Waals surface area contributed by atoms with Gasteiger partial charge in [-0.25, -0.2) is 0 Å². The van der Waals surface area contributed by atoms with Crippen molar-refractivity contribution in [2.45, 2.75) is 39.3 Å². The third-order valence-electron chi connectivity index (χ3n) is 3.73. The number of rotatable bonds is 6. The zero-order valence-corrected chi connectivity index (χ0v) is 14.8. The average molecular weight is 348 g/mol. The number of carbonyl (C=O) groups excluding carboxylic acids is 3. The Bertz CT molecular complexity index is 627. The van der Waals surface area contributed by atoms with Gasteiger partial charge in [0.05, 0.1) is 19.1 Å². The highest BCUT2D eigenvalue weighted by Gasteiger charge is 2.35. The predicted octanol–water partition coefficient (Wildman–Crippen LogP) is 1.37. The molecule has 1 aliphatic rings. The molecule has 1 N–H and O–H groups in total. The highest BCUT2D eigenvalue weighted by atomic mass is 16.5. The third kappa shape index (κ3) is 4.95. The van der Waals surface area contributed by atoms with Gasteiger partial charge in [-0.15, -0.1) is 0 Å². The molecule has 0 saturated carbocycles. The average Bonchev–Trinajstić information content (AvgIpc) is 2.56. The summed E-state index contributed by atoms with van der Waals surface area (Å²) >= 11 is 0. The van der Waals surface area contributed by atoms with Crippen LogP contribution in [0.3, 0.4) is 0 Å². The van der Waals surface area contributed by atoms with Crippen molar-refractivity contribution in [3.8, 4) is 5.75 Å². The molecular weight excluding hydrogens is 324 g/mol. The van der Waals surface area contributed by atoms with Crippen LogP contribution < -0.4 is 10.1 Å². The Hall–Kier alpha value is -2.57. The number of amides is 2. The lowest BCUT2D eigenvalue weighted by atomic mass is 10.1. The molecule has 7 nitrogen and oxygen atoms in total. The van der Waals surface area contributed by atoms with Crippen molar-refractivity contribution in [1.82, 2.24) is 10.2 Å². The summed E-state index contributed by atoms with van der Waals surface area (Å²) in [7, 11) is 0. The van der Waals surface area contributed by atoms with Crippen LogP contribution in [0.15, 0.2) is 24.3 Å². The molecule has 2 amide bonds. The second-order valence-corrected chi connectivity index (χ2v) is 6.01. The standard InChI is InChI=1S/C18H24N2O5/c1-4-24-16(21)11-15-17(22)19-9-10-20(15)18(23)13-5-7-14(8-6-13)25-12(2)3/h5-8,12,15H,4,9-11H2,1-3H3,(H,19,22). The van der Waals surface area contributed by atoms with E-state index < -0.39 is 12.0 Å². The van der Waals surface area contributed by atoms with E-state index in [1.54, 1.807) is 31.2 Å². The van der Waals surface area contributed by atoms with Crippen molar-refractivity contribution >= 4 is 17.8 Å². The Morgan fingerprint density at radius 3 is 2.56 bits per heavy atom. The number of hydrogen-bond acceptors (Lipinski definition) is 5. The quantitative estimate of drug-likeness (QED) is 0.785. The molecule has 1 saturated heterocycles. The highest BCUT2D eigenvalue weighted by Crippen LogP contribution is 2.18. The van der Waals surface area contributed by atoms with Gasteiger partial charge in [-0.1, -0.05) is 0 Å². The van der Waals surface area contributed by atoms with Crippen molar-refractivity contribution in [2.24, 2.45) is 0 Å². The van der Waals surface area contributed by atoms with Crippen molar-refractivity contribution < 1.29 is 23.9 Å². The molecule has 1 fully saturated rings. The van der Waals surface area contributed by atoms with E-state index in [-0.39, 0.29) is 30.9 Å². The van der Waals surface area contributed by atoms with Crippen molar-refractivity contribution in [3.63, 3.8) is 0 Å². The number of benzene rings is 1. The molecular formula is C18H24N2O5. The largest absolute Gasteiger partial charge is 0.491 e. The summed E-state index contributed by atoms with van der Waals surface area (Å²) in [4.78, 5) is 38.1. The Labute approximate surface area is 147 Å². The molecule has 1 aromatic rings. The number of hydrogen-bond donors (Lipinski definition) is 1. The summed E-state index contributed by atoms with van der Waals surface area (Å²) in [6.07, 6.45) is -0.110. The highest BCUT2D eigenvalue weighted by molar-refractivity contribution is 5.99. The van der Waals surface area contributed by atoms with Gasteiger partial charge in [0.15, 0.2) is 0 Å². The van der Waals surface area contributed by atoms with Crippen molar-refractivity contribution in [2.75, 3.05) is 19.7 Å². The second-order valence-electron chi connectivity index (χ2n) is 6.01. The number of nitrogens with zero attached hydrogens (tertiary/aromatic N) is 1. The molecule has 136 valence electrons. The fourth-order valence-electron chi connectivity index (χ4n) is 2.65. The first-order valence-corrected chi connectivity index (χ1v) is 8.43. The van der Waals surface area contributed by atoms with E-state index in [1.165, 1.54) is 4.90 Å². The molecule has 2 rings (SSSR count). The fraction of sp³-hybridized carbons (Fsp3) is 0.500. The normalized spacial score (nSPS) is 17.2. The molecule has 1 aromatic carbocycles. The van der Waals surface area contributed by atoms with Crippen LogP contribution in [0, 0.1) is 0 Å². The molecule has 7 heteroatoms. The second kappa shape index (κ2) is 8.50. The van der Waals surface area contributed by atoms with Gasteiger partial charge >= 0.3 is 5.97 Å². The van der Waals surface area contributed by atoms with Gasteiger partial charge in [0.2, 0.25) is 5.91 Å². The van der Waals surface area contributed by atoms with E-state index in [0.717, 1.165) is 0 Å². The van der Waals surface area contributed by atoms with Crippen LogP contribution >= 0.6 is 0 Å². The van der Waals surface area contributed by atoms with E-state index >= 15 is 0 Å². The number of piperazine rings is 1. The minimum absolute atomic E-state index is 0.0429. The minimum atomic E-state index is -0.855. The summed E-state index contributed by atoms with van der Waals surface area (Å²) in [6, 6.07) is 5.91. The van der Waals surface area contributed by atoms with Gasteiger partial charge in [0.1, 0.15) is 11.8 Å². The topological polar surface area (TPSA) is 84.9 Å². The molecule has 1 aliphatic heterocycles. The number of carbonyl (C=O) groups is 3. The van der Waals surface area contributed by atoms with Crippen LogP contribution in [-0.2, 0) is 14.3 Å². The zero-order valence-electron chi connectivity index (χ0n) is 14.8. The van der Waals surface area contributed by atoms with Crippen molar-refractivity contribution in [3.05, 3.63) is 29.8 Å². The van der Waals surface area contributed by atoms with Crippen LogP contribution in [0.2, 0.25) is 0 Å². The fourth-order valence-corrected chi connectivity index (χ4v) is 2.65. The molecule has 1 atom stereocenters. The number of nitrogens with one attached hydrogen (secondary N) is 1. The summed E-state index contributed by atoms with van der Waals surface area (Å²) in [6.45, 7) is 6.48. The Morgan fingerprint density at radius 2 is 1.96 bits per heavy atom. The first-order chi connectivity index (χ1) is 11.9. The first kappa shape index (κ1) is 18.8. The molecule has 1 unspecified atom stereocenters. The number of ether oxygens (including phenoxy) is 2. The molecule has 0 aliphatic carbocycles. The number of esters is 1. The summed E-state index contributed by atoms with van der Waals surface area (Å²) < 4.78 is 10.5. The van der Waals surface area contributed by atoms with Gasteiger partial charge in [-0.3, -0.25) is 14.4 Å². The third-order valence-corrected chi connectivity index (χ3v) is 3.73. The van der Waals surface area contributed by atoms with E-state index in [1.807, 2.05) is 13.8 Å². The van der Waals surface area contributed by atoms with Gasteiger partial charge in [-0.2, -0.15) is 0 Å². The lowest BCUT2D eigenvalue weighted by molar-refractivity contribution is -0.147. The maximum atomic E-state index is 12.8. The van der Waals surface area contributed by atoms with Crippen LogP contribution in [0.4, 0.5) is 0 Å².